The quantitative estimate of drug-likeness (QED) is 0.768. The summed E-state index contributed by atoms with van der Waals surface area (Å²) in [7, 11) is 0. The summed E-state index contributed by atoms with van der Waals surface area (Å²) in [5.41, 5.74) is 3.95. The summed E-state index contributed by atoms with van der Waals surface area (Å²) in [5.74, 6) is 0.586. The van der Waals surface area contributed by atoms with E-state index in [-0.39, 0.29) is 35.8 Å². The molecule has 2 aliphatic carbocycles. The fourth-order valence-electron chi connectivity index (χ4n) is 4.16. The first-order valence-electron chi connectivity index (χ1n) is 9.13. The number of amides is 2. The van der Waals surface area contributed by atoms with Crippen molar-refractivity contribution < 1.29 is 14.3 Å². The maximum absolute atomic E-state index is 12.0. The zero-order chi connectivity index (χ0) is 18.8. The molecule has 0 heterocycles. The average Bonchev–Trinajstić information content (AvgIpc) is 2.97. The SMILES string of the molecule is CC1(C)[C@@H]2CC[C@@]1(C)/C(=N/NC(=O)CNC(=O)COc1ccccc1)C2. The van der Waals surface area contributed by atoms with Crippen LogP contribution in [0.1, 0.15) is 40.0 Å². The van der Waals surface area contributed by atoms with Crippen LogP contribution in [0.25, 0.3) is 0 Å². The van der Waals surface area contributed by atoms with Crippen LogP contribution in [0.5, 0.6) is 5.75 Å². The molecule has 2 atom stereocenters. The second kappa shape index (κ2) is 7.09. The Hall–Kier alpha value is -2.37. The summed E-state index contributed by atoms with van der Waals surface area (Å²) < 4.78 is 5.34. The lowest BCUT2D eigenvalue weighted by Gasteiger charge is -2.34. The second-order valence-corrected chi connectivity index (χ2v) is 7.97. The van der Waals surface area contributed by atoms with E-state index in [4.69, 9.17) is 4.74 Å². The van der Waals surface area contributed by atoms with Gasteiger partial charge >= 0.3 is 0 Å². The Balaban J connectivity index is 1.43. The van der Waals surface area contributed by atoms with E-state index in [9.17, 15) is 9.59 Å². The topological polar surface area (TPSA) is 79.8 Å². The predicted octanol–water partition coefficient (Wildman–Crippen LogP) is 2.50. The van der Waals surface area contributed by atoms with Gasteiger partial charge in [-0.15, -0.1) is 0 Å². The minimum Gasteiger partial charge on any atom is -0.484 e. The van der Waals surface area contributed by atoms with Gasteiger partial charge < -0.3 is 10.1 Å². The third-order valence-corrected chi connectivity index (χ3v) is 6.39. The summed E-state index contributed by atoms with van der Waals surface area (Å²) in [5, 5.41) is 6.92. The molecule has 1 aromatic carbocycles. The fraction of sp³-hybridized carbons (Fsp3) is 0.550. The molecule has 0 spiro atoms. The fourth-order valence-corrected chi connectivity index (χ4v) is 4.16. The summed E-state index contributed by atoms with van der Waals surface area (Å²) in [6.07, 6.45) is 3.29. The van der Waals surface area contributed by atoms with Crippen molar-refractivity contribution in [3.05, 3.63) is 30.3 Å². The standard InChI is InChI=1S/C20H27N3O3/c1-19(2)14-9-10-20(19,3)16(11-14)22-23-17(24)12-21-18(25)13-26-15-7-5-4-6-8-15/h4-8,14H,9-13H2,1-3H3,(H,21,25)(H,23,24)/b22-16+/t14-,20+/m1/s1. The summed E-state index contributed by atoms with van der Waals surface area (Å²) >= 11 is 0. The second-order valence-electron chi connectivity index (χ2n) is 7.97. The molecule has 0 aromatic heterocycles. The first-order valence-corrected chi connectivity index (χ1v) is 9.13. The van der Waals surface area contributed by atoms with Crippen molar-refractivity contribution in [2.45, 2.75) is 40.0 Å². The number of para-hydroxylation sites is 1. The Morgan fingerprint density at radius 3 is 2.54 bits per heavy atom. The molecular weight excluding hydrogens is 330 g/mol. The molecule has 2 fully saturated rings. The predicted molar refractivity (Wildman–Crippen MR) is 99.8 cm³/mol. The van der Waals surface area contributed by atoms with E-state index in [1.165, 1.54) is 6.42 Å². The van der Waals surface area contributed by atoms with Gasteiger partial charge in [0.1, 0.15) is 5.75 Å². The molecule has 0 saturated heterocycles. The summed E-state index contributed by atoms with van der Waals surface area (Å²) in [6, 6.07) is 9.08. The normalized spacial score (nSPS) is 27.3. The Bertz CT molecular complexity index is 714. The van der Waals surface area contributed by atoms with Gasteiger partial charge in [-0.25, -0.2) is 5.43 Å². The van der Waals surface area contributed by atoms with Crippen molar-refractivity contribution in [1.29, 1.82) is 0 Å². The number of hydrogen-bond acceptors (Lipinski definition) is 4. The van der Waals surface area contributed by atoms with Gasteiger partial charge in [-0.05, 0) is 42.7 Å². The highest BCUT2D eigenvalue weighted by molar-refractivity contribution is 5.95. The lowest BCUT2D eigenvalue weighted by Crippen LogP contribution is -2.39. The number of nitrogens with one attached hydrogen (secondary N) is 2. The largest absolute Gasteiger partial charge is 0.484 e. The molecule has 1 aromatic rings. The number of carbonyl (C=O) groups excluding carboxylic acids is 2. The van der Waals surface area contributed by atoms with Gasteiger partial charge in [0.25, 0.3) is 11.8 Å². The maximum Gasteiger partial charge on any atom is 0.259 e. The van der Waals surface area contributed by atoms with E-state index in [1.807, 2.05) is 18.2 Å². The van der Waals surface area contributed by atoms with Crippen molar-refractivity contribution >= 4 is 17.5 Å². The van der Waals surface area contributed by atoms with Crippen LogP contribution in [0.15, 0.2) is 35.4 Å². The van der Waals surface area contributed by atoms with Crippen LogP contribution >= 0.6 is 0 Å². The molecule has 2 saturated carbocycles. The van der Waals surface area contributed by atoms with Gasteiger partial charge in [0, 0.05) is 11.1 Å². The van der Waals surface area contributed by atoms with E-state index < -0.39 is 0 Å². The molecular formula is C20H27N3O3. The van der Waals surface area contributed by atoms with Gasteiger partial charge in [0.15, 0.2) is 6.61 Å². The van der Waals surface area contributed by atoms with Crippen LogP contribution in [0, 0.1) is 16.7 Å². The highest BCUT2D eigenvalue weighted by Crippen LogP contribution is 2.63. The van der Waals surface area contributed by atoms with E-state index >= 15 is 0 Å². The van der Waals surface area contributed by atoms with E-state index in [1.54, 1.807) is 12.1 Å². The molecule has 0 unspecified atom stereocenters. The number of fused-ring (bicyclic) bond motifs is 2. The molecule has 26 heavy (non-hydrogen) atoms. The lowest BCUT2D eigenvalue weighted by molar-refractivity contribution is -0.127. The van der Waals surface area contributed by atoms with Crippen molar-refractivity contribution in [2.24, 2.45) is 21.8 Å². The van der Waals surface area contributed by atoms with Crippen molar-refractivity contribution in [3.63, 3.8) is 0 Å². The number of nitrogens with zero attached hydrogens (tertiary/aromatic N) is 1. The van der Waals surface area contributed by atoms with Crippen LogP contribution in [0.3, 0.4) is 0 Å². The molecule has 0 radical (unpaired) electrons. The molecule has 0 aliphatic heterocycles. The molecule has 3 rings (SSSR count). The maximum atomic E-state index is 12.0. The van der Waals surface area contributed by atoms with Crippen molar-refractivity contribution in [1.82, 2.24) is 10.7 Å². The number of ether oxygens (including phenoxy) is 1. The van der Waals surface area contributed by atoms with Crippen molar-refractivity contribution in [2.75, 3.05) is 13.2 Å². The summed E-state index contributed by atoms with van der Waals surface area (Å²) in [4.78, 5) is 23.7. The number of carbonyl (C=O) groups is 2. The number of benzene rings is 1. The third-order valence-electron chi connectivity index (χ3n) is 6.39. The van der Waals surface area contributed by atoms with Crippen LogP contribution in [-0.4, -0.2) is 30.7 Å². The highest BCUT2D eigenvalue weighted by atomic mass is 16.5. The Morgan fingerprint density at radius 2 is 1.92 bits per heavy atom. The first kappa shape index (κ1) is 18.4. The molecule has 6 nitrogen and oxygen atoms in total. The first-order chi connectivity index (χ1) is 12.3. The molecule has 2 bridgehead atoms. The van der Waals surface area contributed by atoms with Crippen LogP contribution in [-0.2, 0) is 9.59 Å². The lowest BCUT2D eigenvalue weighted by atomic mass is 9.70. The number of hydrazone groups is 1. The molecule has 6 heteroatoms. The zero-order valence-corrected chi connectivity index (χ0v) is 15.7. The Kier molecular flexibility index (Phi) is 5.03. The van der Waals surface area contributed by atoms with Gasteiger partial charge in [0.05, 0.1) is 6.54 Å². The Labute approximate surface area is 154 Å². The zero-order valence-electron chi connectivity index (χ0n) is 15.7. The molecule has 2 amide bonds. The minimum absolute atomic E-state index is 0.0533. The highest BCUT2D eigenvalue weighted by Gasteiger charge is 2.59. The Morgan fingerprint density at radius 1 is 1.19 bits per heavy atom. The molecule has 2 N–H and O–H groups in total. The van der Waals surface area contributed by atoms with Gasteiger partial charge in [-0.3, -0.25) is 9.59 Å². The van der Waals surface area contributed by atoms with Crippen LogP contribution in [0.2, 0.25) is 0 Å². The molecule has 2 aliphatic rings. The van der Waals surface area contributed by atoms with Gasteiger partial charge in [-0.1, -0.05) is 39.0 Å². The smallest absolute Gasteiger partial charge is 0.259 e. The third kappa shape index (κ3) is 3.45. The van der Waals surface area contributed by atoms with Crippen LogP contribution in [0.4, 0.5) is 0 Å². The van der Waals surface area contributed by atoms with E-state index in [0.29, 0.717) is 11.7 Å². The summed E-state index contributed by atoms with van der Waals surface area (Å²) in [6.45, 7) is 6.59. The minimum atomic E-state index is -0.343. The van der Waals surface area contributed by atoms with Gasteiger partial charge in [0.2, 0.25) is 0 Å². The molecule has 140 valence electrons. The van der Waals surface area contributed by atoms with Gasteiger partial charge in [-0.2, -0.15) is 5.10 Å². The monoisotopic (exact) mass is 357 g/mol. The number of hydrogen-bond donors (Lipinski definition) is 2. The number of rotatable bonds is 6. The van der Waals surface area contributed by atoms with Crippen LogP contribution < -0.4 is 15.5 Å². The van der Waals surface area contributed by atoms with E-state index in [0.717, 1.165) is 18.6 Å². The van der Waals surface area contributed by atoms with Crippen molar-refractivity contribution in [3.8, 4) is 5.75 Å². The van der Waals surface area contributed by atoms with E-state index in [2.05, 4.69) is 36.6 Å². The average molecular weight is 357 g/mol.